The van der Waals surface area contributed by atoms with Crippen LogP contribution in [0.1, 0.15) is 20.3 Å². The topological polar surface area (TPSA) is 24.1 Å². The molecular formula is C7H18N2. The number of rotatable bonds is 4. The fourth-order valence-electron chi connectivity index (χ4n) is 1.01. The van der Waals surface area contributed by atoms with Crippen molar-refractivity contribution in [1.29, 1.82) is 0 Å². The molecule has 0 aliphatic heterocycles. The van der Waals surface area contributed by atoms with Crippen molar-refractivity contribution < 1.29 is 0 Å². The molecule has 2 heteroatoms. The van der Waals surface area contributed by atoms with Gasteiger partial charge in [0.25, 0.3) is 0 Å². The number of nitrogens with one attached hydrogen (secondary N) is 2. The van der Waals surface area contributed by atoms with Gasteiger partial charge in [0.05, 0.1) is 0 Å². The summed E-state index contributed by atoms with van der Waals surface area (Å²) in [5.41, 5.74) is 0. The molecule has 0 aliphatic carbocycles. The highest BCUT2D eigenvalue weighted by Gasteiger charge is 2.08. The molecule has 0 saturated carbocycles. The Morgan fingerprint density at radius 3 is 1.89 bits per heavy atom. The summed E-state index contributed by atoms with van der Waals surface area (Å²) >= 11 is 0. The van der Waals surface area contributed by atoms with Crippen molar-refractivity contribution in [3.05, 3.63) is 0 Å². The third kappa shape index (κ3) is 2.82. The molecule has 0 aromatic carbocycles. The van der Waals surface area contributed by atoms with E-state index in [-0.39, 0.29) is 0 Å². The van der Waals surface area contributed by atoms with E-state index in [0.717, 1.165) is 0 Å². The lowest BCUT2D eigenvalue weighted by Gasteiger charge is -2.20. The molecule has 0 bridgehead atoms. The fourth-order valence-corrected chi connectivity index (χ4v) is 1.01. The van der Waals surface area contributed by atoms with Crippen molar-refractivity contribution in [2.45, 2.75) is 32.4 Å². The summed E-state index contributed by atoms with van der Waals surface area (Å²) in [6.07, 6.45) is 1.18. The van der Waals surface area contributed by atoms with E-state index in [2.05, 4.69) is 24.5 Å². The van der Waals surface area contributed by atoms with Gasteiger partial charge in [0.15, 0.2) is 0 Å². The van der Waals surface area contributed by atoms with E-state index >= 15 is 0 Å². The smallest absolute Gasteiger partial charge is 0.0212 e. The molecule has 0 aromatic heterocycles. The minimum absolute atomic E-state index is 0.569. The Bertz CT molecular complexity index is 59.9. The predicted molar refractivity (Wildman–Crippen MR) is 41.7 cm³/mol. The van der Waals surface area contributed by atoms with Crippen molar-refractivity contribution in [3.63, 3.8) is 0 Å². The molecule has 0 fully saturated rings. The van der Waals surface area contributed by atoms with E-state index in [1.165, 1.54) is 6.42 Å². The zero-order valence-electron chi connectivity index (χ0n) is 6.86. The Morgan fingerprint density at radius 2 is 1.78 bits per heavy atom. The largest absolute Gasteiger partial charge is 0.316 e. The highest BCUT2D eigenvalue weighted by Crippen LogP contribution is 1.95. The van der Waals surface area contributed by atoms with E-state index < -0.39 is 0 Å². The van der Waals surface area contributed by atoms with Crippen molar-refractivity contribution in [2.75, 3.05) is 14.1 Å². The molecule has 0 unspecified atom stereocenters. The summed E-state index contributed by atoms with van der Waals surface area (Å²) in [5.74, 6) is 0. The monoisotopic (exact) mass is 130 g/mol. The first-order valence-electron chi connectivity index (χ1n) is 3.60. The van der Waals surface area contributed by atoms with Crippen LogP contribution in [0.3, 0.4) is 0 Å². The van der Waals surface area contributed by atoms with E-state index in [1.807, 2.05) is 14.1 Å². The van der Waals surface area contributed by atoms with Gasteiger partial charge in [-0.3, -0.25) is 0 Å². The standard InChI is InChI=1S/C7H18N2/c1-5-7(9-4)6(2)8-3/h6-9H,5H2,1-4H3/t6-,7-/m1/s1. The highest BCUT2D eigenvalue weighted by molar-refractivity contribution is 4.73. The normalized spacial score (nSPS) is 17.3. The lowest BCUT2D eigenvalue weighted by atomic mass is 10.1. The zero-order valence-corrected chi connectivity index (χ0v) is 6.86. The van der Waals surface area contributed by atoms with Crippen LogP contribution in [0, 0.1) is 0 Å². The molecule has 0 saturated heterocycles. The molecule has 2 N–H and O–H groups in total. The molecule has 2 atom stereocenters. The Balaban J connectivity index is 3.50. The van der Waals surface area contributed by atoms with Gasteiger partial charge in [0.2, 0.25) is 0 Å². The number of hydrogen-bond acceptors (Lipinski definition) is 2. The van der Waals surface area contributed by atoms with Crippen LogP contribution in [0.5, 0.6) is 0 Å². The number of likely N-dealkylation sites (N-methyl/N-ethyl adjacent to an activating group) is 2. The van der Waals surface area contributed by atoms with Crippen LogP contribution in [0.25, 0.3) is 0 Å². The van der Waals surface area contributed by atoms with E-state index in [9.17, 15) is 0 Å². The summed E-state index contributed by atoms with van der Waals surface area (Å²) in [7, 11) is 3.99. The highest BCUT2D eigenvalue weighted by atomic mass is 15.0. The molecular weight excluding hydrogens is 112 g/mol. The van der Waals surface area contributed by atoms with Crippen LogP contribution in [0.15, 0.2) is 0 Å². The lowest BCUT2D eigenvalue weighted by Crippen LogP contribution is -2.42. The molecule has 56 valence electrons. The summed E-state index contributed by atoms with van der Waals surface area (Å²) in [4.78, 5) is 0. The Morgan fingerprint density at radius 1 is 1.22 bits per heavy atom. The average Bonchev–Trinajstić information content (AvgIpc) is 1.90. The van der Waals surface area contributed by atoms with Crippen molar-refractivity contribution >= 4 is 0 Å². The Kier molecular flexibility index (Phi) is 4.72. The maximum absolute atomic E-state index is 3.24. The van der Waals surface area contributed by atoms with Gasteiger partial charge < -0.3 is 10.6 Å². The van der Waals surface area contributed by atoms with Crippen LogP contribution in [-0.4, -0.2) is 26.2 Å². The van der Waals surface area contributed by atoms with Crippen molar-refractivity contribution in [3.8, 4) is 0 Å². The van der Waals surface area contributed by atoms with E-state index in [4.69, 9.17) is 0 Å². The van der Waals surface area contributed by atoms with Gasteiger partial charge in [0.1, 0.15) is 0 Å². The molecule has 0 rings (SSSR count). The lowest BCUT2D eigenvalue weighted by molar-refractivity contribution is 0.422. The fraction of sp³-hybridized carbons (Fsp3) is 1.00. The summed E-state index contributed by atoms with van der Waals surface area (Å²) in [6.45, 7) is 4.37. The second-order valence-electron chi connectivity index (χ2n) is 2.38. The van der Waals surface area contributed by atoms with Crippen LogP contribution in [0.2, 0.25) is 0 Å². The molecule has 0 aromatic rings. The minimum atomic E-state index is 0.569. The second kappa shape index (κ2) is 4.77. The first kappa shape index (κ1) is 8.92. The SMILES string of the molecule is CC[C@@H](NC)[C@@H](C)NC. The summed E-state index contributed by atoms with van der Waals surface area (Å²) in [5, 5.41) is 6.44. The molecule has 9 heavy (non-hydrogen) atoms. The second-order valence-corrected chi connectivity index (χ2v) is 2.38. The first-order valence-corrected chi connectivity index (χ1v) is 3.60. The summed E-state index contributed by atoms with van der Waals surface area (Å²) in [6, 6.07) is 1.18. The predicted octanol–water partition coefficient (Wildman–Crippen LogP) is 0.592. The molecule has 0 heterocycles. The summed E-state index contributed by atoms with van der Waals surface area (Å²) < 4.78 is 0. The third-order valence-electron chi connectivity index (χ3n) is 1.87. The van der Waals surface area contributed by atoms with Gasteiger partial charge in [-0.1, -0.05) is 6.92 Å². The zero-order chi connectivity index (χ0) is 7.28. The van der Waals surface area contributed by atoms with Crippen molar-refractivity contribution in [2.24, 2.45) is 0 Å². The van der Waals surface area contributed by atoms with Crippen LogP contribution in [-0.2, 0) is 0 Å². The van der Waals surface area contributed by atoms with Gasteiger partial charge in [0, 0.05) is 12.1 Å². The van der Waals surface area contributed by atoms with Gasteiger partial charge in [-0.25, -0.2) is 0 Å². The van der Waals surface area contributed by atoms with Gasteiger partial charge in [-0.2, -0.15) is 0 Å². The van der Waals surface area contributed by atoms with Crippen LogP contribution < -0.4 is 10.6 Å². The van der Waals surface area contributed by atoms with E-state index in [0.29, 0.717) is 12.1 Å². The third-order valence-corrected chi connectivity index (χ3v) is 1.87. The van der Waals surface area contributed by atoms with Crippen molar-refractivity contribution in [1.82, 2.24) is 10.6 Å². The molecule has 0 amide bonds. The Hall–Kier alpha value is -0.0800. The number of hydrogen-bond donors (Lipinski definition) is 2. The Labute approximate surface area is 58.0 Å². The maximum atomic E-state index is 3.24. The van der Waals surface area contributed by atoms with Gasteiger partial charge in [-0.05, 0) is 27.4 Å². The quantitative estimate of drug-likeness (QED) is 0.582. The first-order chi connectivity index (χ1) is 4.26. The van der Waals surface area contributed by atoms with E-state index in [1.54, 1.807) is 0 Å². The van der Waals surface area contributed by atoms with Gasteiger partial charge in [-0.15, -0.1) is 0 Å². The molecule has 0 spiro atoms. The molecule has 0 radical (unpaired) electrons. The van der Waals surface area contributed by atoms with Gasteiger partial charge >= 0.3 is 0 Å². The minimum Gasteiger partial charge on any atom is -0.316 e. The molecule has 2 nitrogen and oxygen atoms in total. The maximum Gasteiger partial charge on any atom is 0.0212 e. The van der Waals surface area contributed by atoms with Crippen LogP contribution >= 0.6 is 0 Å². The average molecular weight is 130 g/mol. The van der Waals surface area contributed by atoms with Crippen LogP contribution in [0.4, 0.5) is 0 Å². The molecule has 0 aliphatic rings.